The van der Waals surface area contributed by atoms with Crippen LogP contribution in [-0.2, 0) is 5.41 Å². The van der Waals surface area contributed by atoms with Crippen LogP contribution < -0.4 is 0 Å². The highest BCUT2D eigenvalue weighted by molar-refractivity contribution is 6.15. The van der Waals surface area contributed by atoms with Gasteiger partial charge in [-0.15, -0.1) is 0 Å². The second-order valence-electron chi connectivity index (χ2n) is 14.6. The van der Waals surface area contributed by atoms with Crippen molar-refractivity contribution in [3.05, 3.63) is 216 Å². The Morgan fingerprint density at radius 2 is 0.963 bits per heavy atom. The second kappa shape index (κ2) is 11.0. The molecular formula is C52H32N2. The topological polar surface area (TPSA) is 17.8 Å². The molecule has 2 aliphatic rings. The van der Waals surface area contributed by atoms with Crippen molar-refractivity contribution in [3.63, 3.8) is 0 Å². The van der Waals surface area contributed by atoms with Gasteiger partial charge in [-0.3, -0.25) is 4.57 Å². The number of para-hydroxylation sites is 1. The molecule has 0 aliphatic heterocycles. The largest absolute Gasteiger partial charge is 0.294 e. The lowest BCUT2D eigenvalue weighted by Gasteiger charge is -2.34. The lowest BCUT2D eigenvalue weighted by molar-refractivity contribution is 0.769. The van der Waals surface area contributed by atoms with E-state index in [1.54, 1.807) is 0 Å². The highest BCUT2D eigenvalue weighted by atomic mass is 15.1. The van der Waals surface area contributed by atoms with Gasteiger partial charge in [0.15, 0.2) is 0 Å². The first-order chi connectivity index (χ1) is 26.8. The van der Waals surface area contributed by atoms with E-state index in [1.165, 1.54) is 82.9 Å². The first kappa shape index (κ1) is 29.5. The Kier molecular flexibility index (Phi) is 6.01. The lowest BCUT2D eigenvalue weighted by atomic mass is 9.67. The molecule has 12 rings (SSSR count). The fraction of sp³-hybridized carbons (Fsp3) is 0.0192. The first-order valence-electron chi connectivity index (χ1n) is 18.7. The summed E-state index contributed by atoms with van der Waals surface area (Å²) in [7, 11) is 0. The van der Waals surface area contributed by atoms with E-state index in [9.17, 15) is 0 Å². The highest BCUT2D eigenvalue weighted by Crippen LogP contribution is 2.57. The molecule has 0 atom stereocenters. The molecule has 0 bridgehead atoms. The summed E-state index contributed by atoms with van der Waals surface area (Å²) < 4.78 is 2.35. The van der Waals surface area contributed by atoms with Gasteiger partial charge in [0, 0.05) is 16.2 Å². The Hall–Kier alpha value is -7.03. The van der Waals surface area contributed by atoms with E-state index in [4.69, 9.17) is 4.98 Å². The summed E-state index contributed by atoms with van der Waals surface area (Å²) in [5.74, 6) is 0.941. The Morgan fingerprint density at radius 3 is 1.76 bits per heavy atom. The maximum absolute atomic E-state index is 5.34. The molecule has 2 heterocycles. The molecular weight excluding hydrogens is 653 g/mol. The zero-order valence-electron chi connectivity index (χ0n) is 29.4. The third-order valence-electron chi connectivity index (χ3n) is 12.0. The summed E-state index contributed by atoms with van der Waals surface area (Å²) in [5.41, 5.74) is 18.2. The van der Waals surface area contributed by atoms with Crippen LogP contribution in [0.2, 0.25) is 0 Å². The third kappa shape index (κ3) is 3.87. The fourth-order valence-corrected chi connectivity index (χ4v) is 9.80. The molecule has 54 heavy (non-hydrogen) atoms. The molecule has 0 radical (unpaired) electrons. The molecule has 0 saturated carbocycles. The number of benzene rings is 8. The van der Waals surface area contributed by atoms with Crippen LogP contribution in [0.1, 0.15) is 22.3 Å². The molecule has 0 N–H and O–H groups in total. The minimum atomic E-state index is -0.438. The number of pyridine rings is 1. The van der Waals surface area contributed by atoms with Gasteiger partial charge in [-0.2, -0.15) is 0 Å². The highest BCUT2D eigenvalue weighted by Gasteiger charge is 2.46. The zero-order valence-corrected chi connectivity index (χ0v) is 29.4. The van der Waals surface area contributed by atoms with Crippen LogP contribution >= 0.6 is 0 Å². The number of nitrogens with zero attached hydrogens (tertiary/aromatic N) is 2. The first-order valence-corrected chi connectivity index (χ1v) is 18.7. The van der Waals surface area contributed by atoms with E-state index in [0.29, 0.717) is 0 Å². The van der Waals surface area contributed by atoms with E-state index in [0.717, 1.165) is 22.4 Å². The van der Waals surface area contributed by atoms with Crippen LogP contribution in [0.3, 0.4) is 0 Å². The Bertz CT molecular complexity index is 3110. The van der Waals surface area contributed by atoms with Gasteiger partial charge in [0.2, 0.25) is 0 Å². The van der Waals surface area contributed by atoms with Crippen LogP contribution in [0.5, 0.6) is 0 Å². The minimum Gasteiger partial charge on any atom is -0.294 e. The summed E-state index contributed by atoms with van der Waals surface area (Å²) in [4.78, 5) is 5.34. The predicted molar refractivity (Wildman–Crippen MR) is 223 cm³/mol. The number of hydrogen-bond acceptors (Lipinski definition) is 1. The smallest absolute Gasteiger partial charge is 0.138 e. The maximum Gasteiger partial charge on any atom is 0.138 e. The average molecular weight is 685 g/mol. The summed E-state index contributed by atoms with van der Waals surface area (Å²) in [5, 5.41) is 3.68. The van der Waals surface area contributed by atoms with Gasteiger partial charge >= 0.3 is 0 Å². The van der Waals surface area contributed by atoms with Crippen molar-refractivity contribution in [2.75, 3.05) is 0 Å². The average Bonchev–Trinajstić information content (AvgIpc) is 3.86. The Labute approximate surface area is 313 Å². The molecule has 0 saturated heterocycles. The van der Waals surface area contributed by atoms with Gasteiger partial charge < -0.3 is 0 Å². The molecule has 2 nitrogen and oxygen atoms in total. The van der Waals surface area contributed by atoms with Gasteiger partial charge in [0.25, 0.3) is 0 Å². The number of rotatable bonds is 4. The van der Waals surface area contributed by atoms with Crippen LogP contribution in [0.4, 0.5) is 0 Å². The second-order valence-corrected chi connectivity index (χ2v) is 14.6. The van der Waals surface area contributed by atoms with Crippen molar-refractivity contribution < 1.29 is 0 Å². The predicted octanol–water partition coefficient (Wildman–Crippen LogP) is 13.0. The summed E-state index contributed by atoms with van der Waals surface area (Å²) in [6, 6.07) is 71.4. The van der Waals surface area contributed by atoms with Crippen molar-refractivity contribution in [1.29, 1.82) is 0 Å². The van der Waals surface area contributed by atoms with Crippen molar-refractivity contribution in [2.24, 2.45) is 0 Å². The van der Waals surface area contributed by atoms with Gasteiger partial charge in [-0.05, 0) is 103 Å². The summed E-state index contributed by atoms with van der Waals surface area (Å²) >= 11 is 0. The van der Waals surface area contributed by atoms with Gasteiger partial charge in [0.05, 0.1) is 22.0 Å². The Balaban J connectivity index is 1.08. The summed E-state index contributed by atoms with van der Waals surface area (Å²) in [6.07, 6.45) is 0. The fourth-order valence-electron chi connectivity index (χ4n) is 9.80. The third-order valence-corrected chi connectivity index (χ3v) is 12.0. The maximum atomic E-state index is 5.34. The quantitative estimate of drug-likeness (QED) is 0.180. The van der Waals surface area contributed by atoms with Crippen molar-refractivity contribution >= 4 is 32.7 Å². The molecule has 0 spiro atoms. The lowest BCUT2D eigenvalue weighted by Crippen LogP contribution is -2.28. The molecule has 8 aromatic carbocycles. The van der Waals surface area contributed by atoms with Crippen LogP contribution in [0.15, 0.2) is 194 Å². The minimum absolute atomic E-state index is 0.438. The van der Waals surface area contributed by atoms with E-state index >= 15 is 0 Å². The molecule has 0 amide bonds. The van der Waals surface area contributed by atoms with Crippen molar-refractivity contribution in [2.45, 2.75) is 5.41 Å². The normalized spacial score (nSPS) is 13.3. The standard InChI is InChI=1S/C52H32N2/c1-3-14-35(15-4-1)52(36-16-5-2-6-17-36)45-23-11-9-20-39(45)40-28-26-34(31-46(40)52)33-27-29-49-43(30-33)41-21-10-12-25-48(41)54(49)50-32-44-38-19-8-7-18-37(38)42-22-13-24-47(53-50)51(42)44/h1-32H. The molecule has 2 aliphatic carbocycles. The summed E-state index contributed by atoms with van der Waals surface area (Å²) in [6.45, 7) is 0. The van der Waals surface area contributed by atoms with Crippen molar-refractivity contribution in [1.82, 2.24) is 9.55 Å². The zero-order chi connectivity index (χ0) is 35.4. The van der Waals surface area contributed by atoms with E-state index < -0.39 is 5.41 Å². The number of aromatic nitrogens is 2. The van der Waals surface area contributed by atoms with Crippen LogP contribution in [-0.4, -0.2) is 9.55 Å². The van der Waals surface area contributed by atoms with E-state index in [2.05, 4.69) is 199 Å². The van der Waals surface area contributed by atoms with Gasteiger partial charge in [-0.1, -0.05) is 158 Å². The van der Waals surface area contributed by atoms with Gasteiger partial charge in [0.1, 0.15) is 5.82 Å². The van der Waals surface area contributed by atoms with Crippen LogP contribution in [0, 0.1) is 0 Å². The molecule has 0 unspecified atom stereocenters. The molecule has 2 heteroatoms. The molecule has 10 aromatic rings. The van der Waals surface area contributed by atoms with Crippen molar-refractivity contribution in [3.8, 4) is 50.3 Å². The van der Waals surface area contributed by atoms with E-state index in [1.807, 2.05) is 0 Å². The van der Waals surface area contributed by atoms with Crippen LogP contribution in [0.25, 0.3) is 83.0 Å². The Morgan fingerprint density at radius 1 is 0.370 bits per heavy atom. The number of fused-ring (bicyclic) bond motifs is 9. The monoisotopic (exact) mass is 684 g/mol. The molecule has 250 valence electrons. The number of hydrogen-bond donors (Lipinski definition) is 0. The van der Waals surface area contributed by atoms with E-state index in [-0.39, 0.29) is 0 Å². The molecule has 0 fully saturated rings. The SMILES string of the molecule is c1ccc(C2(c3ccccc3)c3ccccc3-c3ccc(-c4ccc5c(c4)c4ccccc4n5-c4cc5c6c(cccc6n4)-c4ccccc4-5)cc32)cc1. The van der Waals surface area contributed by atoms with Gasteiger partial charge in [-0.25, -0.2) is 4.98 Å². The molecule has 2 aromatic heterocycles.